The van der Waals surface area contributed by atoms with Gasteiger partial charge in [0, 0.05) is 62.9 Å². The SMILES string of the molecule is Cc1ccc(NC(=O)C2(c3ccc4c(c3)OC(F)(F)O4)CC2)nc1-c1cccc(C(=O)NCCCCCCCCCNC(=O)CNCc2ccc(-c3c4ncn(CC5(O)CCN(C(=O)C[C@@H](C)c6ccccc6)CC5)c(=O)c4nn3C)cc2)c1. The predicted octanol–water partition coefficient (Wildman–Crippen LogP) is 9.07. The molecule has 4 amide bonds. The van der Waals surface area contributed by atoms with Crippen LogP contribution >= 0.6 is 0 Å². The fourth-order valence-electron chi connectivity index (χ4n) is 11.3. The molecule has 440 valence electrons. The molecule has 3 aromatic heterocycles. The topological polar surface area (TPSA) is 224 Å². The van der Waals surface area contributed by atoms with Gasteiger partial charge in [-0.3, -0.25) is 33.2 Å². The molecular formula is C64H72F2N10O8. The van der Waals surface area contributed by atoms with Gasteiger partial charge in [0.1, 0.15) is 11.3 Å². The summed E-state index contributed by atoms with van der Waals surface area (Å²) >= 11 is 0. The number of rotatable bonds is 25. The van der Waals surface area contributed by atoms with Crippen molar-refractivity contribution in [1.29, 1.82) is 0 Å². The number of alkyl halides is 2. The highest BCUT2D eigenvalue weighted by molar-refractivity contribution is 6.01. The molecule has 84 heavy (non-hydrogen) atoms. The number of piperidine rings is 1. The number of anilines is 1. The second kappa shape index (κ2) is 25.6. The Morgan fingerprint density at radius 2 is 1.46 bits per heavy atom. The van der Waals surface area contributed by atoms with E-state index in [1.54, 1.807) is 47.0 Å². The molecule has 0 unspecified atom stereocenters. The van der Waals surface area contributed by atoms with Crippen LogP contribution < -0.4 is 36.3 Å². The minimum absolute atomic E-state index is 0.0535. The quantitative estimate of drug-likeness (QED) is 0.0338. The fourth-order valence-corrected chi connectivity index (χ4v) is 11.3. The molecule has 18 nitrogen and oxygen atoms in total. The van der Waals surface area contributed by atoms with E-state index in [-0.39, 0.29) is 65.2 Å². The predicted molar refractivity (Wildman–Crippen MR) is 314 cm³/mol. The molecule has 5 heterocycles. The average molecular weight is 1150 g/mol. The van der Waals surface area contributed by atoms with E-state index >= 15 is 0 Å². The van der Waals surface area contributed by atoms with Crippen LogP contribution in [0, 0.1) is 6.92 Å². The number of halogens is 2. The maximum atomic E-state index is 13.7. The molecule has 4 aromatic carbocycles. The van der Waals surface area contributed by atoms with E-state index in [1.807, 2.05) is 80.6 Å². The summed E-state index contributed by atoms with van der Waals surface area (Å²) in [7, 11) is 1.77. The normalized spacial score (nSPS) is 15.8. The minimum Gasteiger partial charge on any atom is -0.395 e. The Hall–Kier alpha value is -8.36. The zero-order chi connectivity index (χ0) is 59.0. The number of unbranched alkanes of at least 4 members (excludes halogenated alkanes) is 6. The average Bonchev–Trinajstić information content (AvgIpc) is 2.16. The smallest absolute Gasteiger partial charge is 0.395 e. The monoisotopic (exact) mass is 1150 g/mol. The maximum Gasteiger partial charge on any atom is 0.586 e. The van der Waals surface area contributed by atoms with Crippen molar-refractivity contribution in [1.82, 2.24) is 45.2 Å². The van der Waals surface area contributed by atoms with E-state index in [0.717, 1.165) is 72.8 Å². The fraction of sp³-hybridized carbons (Fsp3) is 0.406. The van der Waals surface area contributed by atoms with Gasteiger partial charge in [0.2, 0.25) is 17.7 Å². The van der Waals surface area contributed by atoms with Crippen LogP contribution in [0.5, 0.6) is 11.5 Å². The van der Waals surface area contributed by atoms with Gasteiger partial charge in [-0.1, -0.05) is 118 Å². The van der Waals surface area contributed by atoms with Gasteiger partial charge in [0.05, 0.1) is 41.8 Å². The number of nitrogens with zero attached hydrogens (tertiary/aromatic N) is 6. The molecule has 1 saturated carbocycles. The van der Waals surface area contributed by atoms with Crippen molar-refractivity contribution in [2.45, 2.75) is 127 Å². The Bertz CT molecular complexity index is 3580. The molecule has 2 aliphatic heterocycles. The van der Waals surface area contributed by atoms with Crippen molar-refractivity contribution in [3.05, 3.63) is 154 Å². The van der Waals surface area contributed by atoms with Gasteiger partial charge >= 0.3 is 6.29 Å². The molecule has 5 N–H and O–H groups in total. The van der Waals surface area contributed by atoms with E-state index in [2.05, 4.69) is 40.8 Å². The summed E-state index contributed by atoms with van der Waals surface area (Å²) in [6, 6.07) is 33.0. The van der Waals surface area contributed by atoms with E-state index in [1.165, 1.54) is 23.0 Å². The Morgan fingerprint density at radius 1 is 0.762 bits per heavy atom. The van der Waals surface area contributed by atoms with Crippen LogP contribution in [0.3, 0.4) is 0 Å². The van der Waals surface area contributed by atoms with Crippen LogP contribution in [-0.2, 0) is 39.9 Å². The number of benzene rings is 4. The molecule has 0 bridgehead atoms. The Morgan fingerprint density at radius 3 is 2.19 bits per heavy atom. The number of hydrogen-bond acceptors (Lipinski definition) is 12. The molecule has 7 aromatic rings. The molecule has 1 saturated heterocycles. The summed E-state index contributed by atoms with van der Waals surface area (Å²) in [4.78, 5) is 77.4. The lowest BCUT2D eigenvalue weighted by atomic mass is 9.90. The third-order valence-electron chi connectivity index (χ3n) is 16.4. The van der Waals surface area contributed by atoms with Crippen molar-refractivity contribution in [3.63, 3.8) is 0 Å². The summed E-state index contributed by atoms with van der Waals surface area (Å²) in [5, 5.41) is 28.3. The number of hydrogen-bond donors (Lipinski definition) is 5. The minimum atomic E-state index is -3.75. The highest BCUT2D eigenvalue weighted by Crippen LogP contribution is 2.52. The first-order valence-corrected chi connectivity index (χ1v) is 29.1. The summed E-state index contributed by atoms with van der Waals surface area (Å²) in [6.07, 6.45) is 6.78. The van der Waals surface area contributed by atoms with Crippen LogP contribution in [0.4, 0.5) is 14.6 Å². The lowest BCUT2D eigenvalue weighted by Gasteiger charge is -2.38. The van der Waals surface area contributed by atoms with Crippen molar-refractivity contribution in [2.24, 2.45) is 7.05 Å². The van der Waals surface area contributed by atoms with E-state index in [9.17, 15) is 37.9 Å². The molecule has 20 heteroatoms. The van der Waals surface area contributed by atoms with Gasteiger partial charge in [-0.05, 0) is 104 Å². The summed E-state index contributed by atoms with van der Waals surface area (Å²) in [6.45, 7) is 6.65. The van der Waals surface area contributed by atoms with Crippen molar-refractivity contribution in [3.8, 4) is 34.0 Å². The second-order valence-corrected chi connectivity index (χ2v) is 22.7. The number of carbonyl (C=O) groups is 4. The molecule has 0 spiro atoms. The maximum absolute atomic E-state index is 13.7. The Kier molecular flexibility index (Phi) is 18.0. The standard InChI is InChI=1S/C64H72F2N10O8/c1-42-19-26-52(72-61(81)63(27-28-63)49-24-25-50-51(37-49)84-64(65,66)83-50)71-55(42)47-17-14-18-48(36-47)59(79)69-32-13-8-6-4-5-7-12-31-68-53(77)39-67-38-44-20-22-46(23-21-44)58-56-57(73-74(58)3)60(80)76(41-70-56)40-62(82)29-33-75(34-30-62)54(78)35-43(2)45-15-10-9-11-16-45/h9-11,14-26,36-37,41,43,67,82H,4-8,12-13,27-35,38-40H2,1-3H3,(H,68,77)(H,69,79)(H,71,72,81)/t43-/m1/s1. The van der Waals surface area contributed by atoms with Gasteiger partial charge in [0.15, 0.2) is 17.0 Å². The third-order valence-corrected chi connectivity index (χ3v) is 16.4. The molecule has 2 fully saturated rings. The molecule has 0 radical (unpaired) electrons. The van der Waals surface area contributed by atoms with Gasteiger partial charge in [-0.15, -0.1) is 8.78 Å². The number of pyridine rings is 1. The molecule has 10 rings (SSSR count). The highest BCUT2D eigenvalue weighted by Gasteiger charge is 2.53. The van der Waals surface area contributed by atoms with E-state index in [4.69, 9.17) is 4.98 Å². The number of aromatic nitrogens is 5. The van der Waals surface area contributed by atoms with E-state index in [0.29, 0.717) is 98.7 Å². The van der Waals surface area contributed by atoms with Crippen LogP contribution in [0.1, 0.15) is 123 Å². The van der Waals surface area contributed by atoms with Crippen LogP contribution in [-0.4, -0.2) is 103 Å². The van der Waals surface area contributed by atoms with Crippen LogP contribution in [0.25, 0.3) is 33.5 Å². The largest absolute Gasteiger partial charge is 0.586 e. The lowest BCUT2D eigenvalue weighted by molar-refractivity contribution is -0.286. The van der Waals surface area contributed by atoms with Gasteiger partial charge in [-0.2, -0.15) is 5.10 Å². The first-order valence-electron chi connectivity index (χ1n) is 29.1. The number of fused-ring (bicyclic) bond motifs is 2. The number of ether oxygens (including phenoxy) is 2. The zero-order valence-corrected chi connectivity index (χ0v) is 47.7. The van der Waals surface area contributed by atoms with Gasteiger partial charge in [-0.25, -0.2) is 9.97 Å². The highest BCUT2D eigenvalue weighted by atomic mass is 19.3. The Balaban J connectivity index is 0.581. The van der Waals surface area contributed by atoms with Crippen LogP contribution in [0.2, 0.25) is 0 Å². The lowest BCUT2D eigenvalue weighted by Crippen LogP contribution is -2.49. The number of nitrogens with one attached hydrogen (secondary N) is 4. The summed E-state index contributed by atoms with van der Waals surface area (Å²) in [5.41, 5.74) is 5.16. The number of likely N-dealkylation sites (tertiary alicyclic amines) is 1. The summed E-state index contributed by atoms with van der Waals surface area (Å²) < 4.78 is 39.5. The summed E-state index contributed by atoms with van der Waals surface area (Å²) in [5.74, 6) is -0.258. The number of aliphatic hydroxyl groups is 1. The molecule has 1 aliphatic carbocycles. The molecule has 1 atom stereocenters. The third kappa shape index (κ3) is 14.0. The zero-order valence-electron chi connectivity index (χ0n) is 47.7. The number of aryl methyl sites for hydroxylation is 2. The first kappa shape index (κ1) is 58.8. The number of carbonyl (C=O) groups excluding carboxylic acids is 4. The van der Waals surface area contributed by atoms with Crippen molar-refractivity contribution in [2.75, 3.05) is 38.0 Å². The number of amides is 4. The van der Waals surface area contributed by atoms with Gasteiger partial charge < -0.3 is 40.7 Å². The molecule has 3 aliphatic rings. The van der Waals surface area contributed by atoms with Crippen LogP contribution in [0.15, 0.2) is 120 Å². The van der Waals surface area contributed by atoms with Crippen molar-refractivity contribution >= 4 is 40.5 Å². The second-order valence-electron chi connectivity index (χ2n) is 22.7. The van der Waals surface area contributed by atoms with Crippen molar-refractivity contribution < 1.29 is 42.5 Å². The van der Waals surface area contributed by atoms with E-state index < -0.39 is 17.3 Å². The van der Waals surface area contributed by atoms with Gasteiger partial charge in [0.25, 0.3) is 11.5 Å². The molecular weight excluding hydrogens is 1070 g/mol. The first-order chi connectivity index (χ1) is 40.5. The Labute approximate surface area is 486 Å².